The molecular weight excluding hydrogens is 246 g/mol. The number of nitrogens with zero attached hydrogens (tertiary/aromatic N) is 3. The summed E-state index contributed by atoms with van der Waals surface area (Å²) in [6.07, 6.45) is 0. The molecule has 0 atom stereocenters. The molecule has 0 aliphatic rings. The van der Waals surface area contributed by atoms with E-state index in [0.717, 1.165) is 5.52 Å². The second-order valence-electron chi connectivity index (χ2n) is 4.37. The predicted octanol–water partition coefficient (Wildman–Crippen LogP) is 1.84. The van der Waals surface area contributed by atoms with E-state index >= 15 is 0 Å². The van der Waals surface area contributed by atoms with Crippen LogP contribution in [0.4, 0.5) is 0 Å². The molecule has 0 saturated heterocycles. The number of hydrogen-bond acceptors (Lipinski definition) is 3. The van der Waals surface area contributed by atoms with E-state index in [1.165, 1.54) is 0 Å². The van der Waals surface area contributed by atoms with Crippen molar-refractivity contribution in [2.24, 2.45) is 7.05 Å². The maximum absolute atomic E-state index is 11.5. The van der Waals surface area contributed by atoms with Gasteiger partial charge in [-0.3, -0.25) is 4.40 Å². The molecule has 3 aromatic rings. The topological polar surface area (TPSA) is 68.8 Å². The molecule has 1 N–H and O–H groups in total. The van der Waals surface area contributed by atoms with Crippen LogP contribution in [0.15, 0.2) is 18.2 Å². The van der Waals surface area contributed by atoms with Gasteiger partial charge in [-0.2, -0.15) is 0 Å². The highest BCUT2D eigenvalue weighted by atomic mass is 16.5. The van der Waals surface area contributed by atoms with Crippen molar-refractivity contribution in [3.8, 4) is 5.75 Å². The van der Waals surface area contributed by atoms with Crippen LogP contribution in [0.2, 0.25) is 0 Å². The first-order chi connectivity index (χ1) is 9.06. The summed E-state index contributed by atoms with van der Waals surface area (Å²) < 4.78 is 8.68. The van der Waals surface area contributed by atoms with E-state index in [-0.39, 0.29) is 5.69 Å². The Morgan fingerprint density at radius 3 is 2.79 bits per heavy atom. The van der Waals surface area contributed by atoms with E-state index in [2.05, 4.69) is 4.98 Å². The molecule has 0 radical (unpaired) electrons. The Balaban J connectivity index is 2.57. The van der Waals surface area contributed by atoms with Gasteiger partial charge in [-0.15, -0.1) is 0 Å². The van der Waals surface area contributed by atoms with Crippen molar-refractivity contribution in [3.05, 3.63) is 29.6 Å². The number of fused-ring (bicyclic) bond motifs is 3. The lowest BCUT2D eigenvalue weighted by Gasteiger charge is -2.01. The lowest BCUT2D eigenvalue weighted by molar-refractivity contribution is 0.0688. The summed E-state index contributed by atoms with van der Waals surface area (Å²) in [5, 5.41) is 9.39. The zero-order chi connectivity index (χ0) is 13.7. The average Bonchev–Trinajstić information content (AvgIpc) is 2.87. The molecule has 6 nitrogen and oxygen atoms in total. The van der Waals surface area contributed by atoms with E-state index in [9.17, 15) is 9.90 Å². The summed E-state index contributed by atoms with van der Waals surface area (Å²) in [5.41, 5.74) is 2.29. The van der Waals surface area contributed by atoms with Crippen molar-refractivity contribution < 1.29 is 14.6 Å². The molecule has 6 heteroatoms. The minimum Gasteiger partial charge on any atom is -0.494 e. The summed E-state index contributed by atoms with van der Waals surface area (Å²) in [6.45, 7) is 1.77. The van der Waals surface area contributed by atoms with Crippen LogP contribution in [-0.2, 0) is 7.05 Å². The van der Waals surface area contributed by atoms with Gasteiger partial charge in [0.05, 0.1) is 12.6 Å². The fourth-order valence-electron chi connectivity index (χ4n) is 2.39. The van der Waals surface area contributed by atoms with Gasteiger partial charge in [-0.1, -0.05) is 6.07 Å². The third kappa shape index (κ3) is 1.36. The highest BCUT2D eigenvalue weighted by Crippen LogP contribution is 2.28. The Morgan fingerprint density at radius 1 is 1.42 bits per heavy atom. The standard InChI is InChI=1S/C13H13N3O3/c1-7-11(12(17)18)16-8-5-4-6-9(19-3)10(8)14-13(16)15(7)2/h4-6H,1-3H3,(H,17,18). The van der Waals surface area contributed by atoms with Gasteiger partial charge in [0.2, 0.25) is 5.78 Å². The number of rotatable bonds is 2. The quantitative estimate of drug-likeness (QED) is 0.762. The Bertz CT molecular complexity index is 814. The van der Waals surface area contributed by atoms with Gasteiger partial charge in [0.15, 0.2) is 5.69 Å². The minimum absolute atomic E-state index is 0.230. The van der Waals surface area contributed by atoms with Gasteiger partial charge < -0.3 is 14.4 Å². The van der Waals surface area contributed by atoms with Gasteiger partial charge in [-0.25, -0.2) is 9.78 Å². The molecule has 0 fully saturated rings. The highest BCUT2D eigenvalue weighted by molar-refractivity contribution is 5.93. The normalized spacial score (nSPS) is 11.3. The van der Waals surface area contributed by atoms with E-state index in [1.807, 2.05) is 18.2 Å². The van der Waals surface area contributed by atoms with Crippen molar-refractivity contribution in [1.29, 1.82) is 0 Å². The van der Waals surface area contributed by atoms with Crippen LogP contribution in [0.1, 0.15) is 16.2 Å². The Hall–Kier alpha value is -2.50. The first kappa shape index (κ1) is 11.6. The second kappa shape index (κ2) is 3.74. The number of imidazole rings is 2. The second-order valence-corrected chi connectivity index (χ2v) is 4.37. The molecule has 98 valence electrons. The molecule has 0 amide bonds. The molecular formula is C13H13N3O3. The first-order valence-corrected chi connectivity index (χ1v) is 5.80. The van der Waals surface area contributed by atoms with Gasteiger partial charge in [0.1, 0.15) is 11.3 Å². The van der Waals surface area contributed by atoms with Gasteiger partial charge in [0, 0.05) is 12.7 Å². The molecule has 0 saturated carbocycles. The van der Waals surface area contributed by atoms with Crippen LogP contribution in [0, 0.1) is 6.92 Å². The van der Waals surface area contributed by atoms with Crippen LogP contribution in [0.25, 0.3) is 16.8 Å². The number of aromatic carboxylic acids is 1. The molecule has 0 aliphatic carbocycles. The van der Waals surface area contributed by atoms with Crippen LogP contribution >= 0.6 is 0 Å². The number of ether oxygens (including phenoxy) is 1. The highest BCUT2D eigenvalue weighted by Gasteiger charge is 2.22. The number of methoxy groups -OCH3 is 1. The number of hydrogen-bond donors (Lipinski definition) is 1. The first-order valence-electron chi connectivity index (χ1n) is 5.80. The maximum Gasteiger partial charge on any atom is 0.354 e. The third-order valence-corrected chi connectivity index (χ3v) is 3.42. The number of carboxylic acids is 1. The Kier molecular flexibility index (Phi) is 2.28. The smallest absolute Gasteiger partial charge is 0.354 e. The lowest BCUT2D eigenvalue weighted by atomic mass is 10.3. The average molecular weight is 259 g/mol. The minimum atomic E-state index is -0.967. The summed E-state index contributed by atoms with van der Waals surface area (Å²) in [6, 6.07) is 5.47. The maximum atomic E-state index is 11.5. The summed E-state index contributed by atoms with van der Waals surface area (Å²) in [7, 11) is 3.37. The number of benzene rings is 1. The summed E-state index contributed by atoms with van der Waals surface area (Å²) >= 11 is 0. The monoisotopic (exact) mass is 259 g/mol. The number of aromatic nitrogens is 3. The molecule has 19 heavy (non-hydrogen) atoms. The molecule has 0 unspecified atom stereocenters. The third-order valence-electron chi connectivity index (χ3n) is 3.42. The number of carbonyl (C=O) groups is 1. The van der Waals surface area contributed by atoms with E-state index < -0.39 is 5.97 Å². The van der Waals surface area contributed by atoms with E-state index in [1.54, 1.807) is 30.0 Å². The predicted molar refractivity (Wildman–Crippen MR) is 69.9 cm³/mol. The van der Waals surface area contributed by atoms with Crippen LogP contribution < -0.4 is 4.74 Å². The van der Waals surface area contributed by atoms with E-state index in [0.29, 0.717) is 22.7 Å². The summed E-state index contributed by atoms with van der Waals surface area (Å²) in [4.78, 5) is 15.9. The van der Waals surface area contributed by atoms with Gasteiger partial charge in [-0.05, 0) is 19.1 Å². The zero-order valence-electron chi connectivity index (χ0n) is 10.8. The lowest BCUT2D eigenvalue weighted by Crippen LogP contribution is -2.03. The molecule has 3 rings (SSSR count). The van der Waals surface area contributed by atoms with Gasteiger partial charge >= 0.3 is 5.97 Å². The van der Waals surface area contributed by atoms with Crippen molar-refractivity contribution in [2.45, 2.75) is 6.92 Å². The van der Waals surface area contributed by atoms with Crippen molar-refractivity contribution in [1.82, 2.24) is 14.0 Å². The van der Waals surface area contributed by atoms with Gasteiger partial charge in [0.25, 0.3) is 0 Å². The van der Waals surface area contributed by atoms with Crippen LogP contribution in [0.3, 0.4) is 0 Å². The van der Waals surface area contributed by atoms with Crippen molar-refractivity contribution in [2.75, 3.05) is 7.11 Å². The van der Waals surface area contributed by atoms with Crippen molar-refractivity contribution in [3.63, 3.8) is 0 Å². The van der Waals surface area contributed by atoms with Crippen molar-refractivity contribution >= 4 is 22.8 Å². The molecule has 2 heterocycles. The zero-order valence-corrected chi connectivity index (χ0v) is 10.8. The molecule has 0 spiro atoms. The van der Waals surface area contributed by atoms with Crippen LogP contribution in [0.5, 0.6) is 5.75 Å². The number of carboxylic acid groups (broad SMARTS) is 1. The Morgan fingerprint density at radius 2 is 2.16 bits per heavy atom. The number of aryl methyl sites for hydroxylation is 1. The van der Waals surface area contributed by atoms with Crippen LogP contribution in [-0.4, -0.2) is 32.1 Å². The molecule has 0 bridgehead atoms. The SMILES string of the molecule is COc1cccc2c1nc1n(C)c(C)c(C(=O)O)n21. The largest absolute Gasteiger partial charge is 0.494 e. The van der Waals surface area contributed by atoms with E-state index in [4.69, 9.17) is 4.74 Å². The Labute approximate surface area is 108 Å². The summed E-state index contributed by atoms with van der Waals surface area (Å²) in [5.74, 6) is 0.259. The fraction of sp³-hybridized carbons (Fsp3) is 0.231. The molecule has 0 aliphatic heterocycles. The molecule has 2 aromatic heterocycles. The molecule has 1 aromatic carbocycles. The number of para-hydroxylation sites is 1. The fourth-order valence-corrected chi connectivity index (χ4v) is 2.39.